The third-order valence-corrected chi connectivity index (χ3v) is 8.11. The summed E-state index contributed by atoms with van der Waals surface area (Å²) in [4.78, 5) is 44.0. The summed E-state index contributed by atoms with van der Waals surface area (Å²) in [6.45, 7) is 16.8. The quantitative estimate of drug-likeness (QED) is 0.339. The van der Waals surface area contributed by atoms with Gasteiger partial charge in [0.15, 0.2) is 0 Å². The molecule has 2 unspecified atom stereocenters. The van der Waals surface area contributed by atoms with E-state index in [1.54, 1.807) is 22.8 Å². The standard InChI is InChI=1S/C27H44N2O6/c1-8-14-29(25(5,6)17-24(2,3)4)22(32)20-27-13-12-26(7,35-27)19(23(33)34)18(27)21(31)28(20)15-10-9-11-16-30/h8,18-20,30H,1,9-17H2,2-7H3,(H,33,34)/t18-,19+,20?,26-,27?/m0/s1. The van der Waals surface area contributed by atoms with Crippen molar-refractivity contribution in [3.63, 3.8) is 0 Å². The van der Waals surface area contributed by atoms with Gasteiger partial charge in [-0.3, -0.25) is 14.4 Å². The number of carboxylic acid groups (broad SMARTS) is 1. The number of likely N-dealkylation sites (tertiary alicyclic amines) is 1. The van der Waals surface area contributed by atoms with Gasteiger partial charge < -0.3 is 24.7 Å². The molecule has 3 fully saturated rings. The summed E-state index contributed by atoms with van der Waals surface area (Å²) in [7, 11) is 0. The summed E-state index contributed by atoms with van der Waals surface area (Å²) >= 11 is 0. The molecule has 3 rings (SSSR count). The molecule has 5 atom stereocenters. The molecule has 3 aliphatic heterocycles. The first-order valence-corrected chi connectivity index (χ1v) is 12.9. The largest absolute Gasteiger partial charge is 0.481 e. The zero-order valence-electron chi connectivity index (χ0n) is 22.3. The predicted octanol–water partition coefficient (Wildman–Crippen LogP) is 3.23. The van der Waals surface area contributed by atoms with Gasteiger partial charge in [0.2, 0.25) is 11.8 Å². The maximum absolute atomic E-state index is 14.4. The molecular formula is C27H44N2O6. The van der Waals surface area contributed by atoms with Gasteiger partial charge in [0, 0.05) is 25.2 Å². The molecule has 0 aromatic heterocycles. The zero-order valence-corrected chi connectivity index (χ0v) is 22.3. The maximum Gasteiger partial charge on any atom is 0.310 e. The van der Waals surface area contributed by atoms with Crippen molar-refractivity contribution in [2.24, 2.45) is 17.3 Å². The normalized spacial score (nSPS) is 32.1. The number of aliphatic hydroxyl groups is 1. The van der Waals surface area contributed by atoms with Crippen molar-refractivity contribution in [1.82, 2.24) is 9.80 Å². The number of aliphatic hydroxyl groups excluding tert-OH is 1. The SMILES string of the molecule is C=CCN(C(=O)C1N(CCCCCO)C(=O)[C@@H]2[C@H](C(=O)O)[C@]3(C)CCC12O3)C(C)(C)CC(C)(C)C. The van der Waals surface area contributed by atoms with Gasteiger partial charge in [-0.15, -0.1) is 6.58 Å². The van der Waals surface area contributed by atoms with Gasteiger partial charge in [-0.25, -0.2) is 0 Å². The zero-order chi connectivity index (χ0) is 26.4. The van der Waals surface area contributed by atoms with Crippen LogP contribution in [0.25, 0.3) is 0 Å². The molecule has 8 nitrogen and oxygen atoms in total. The molecule has 0 aromatic carbocycles. The third kappa shape index (κ3) is 4.76. The molecule has 8 heteroatoms. The van der Waals surface area contributed by atoms with E-state index in [9.17, 15) is 19.5 Å². The Morgan fingerprint density at radius 1 is 1.20 bits per heavy atom. The fraction of sp³-hybridized carbons (Fsp3) is 0.815. The number of rotatable bonds is 11. The van der Waals surface area contributed by atoms with Crippen molar-refractivity contribution in [2.75, 3.05) is 19.7 Å². The number of fused-ring (bicyclic) bond motifs is 1. The number of hydrogen-bond acceptors (Lipinski definition) is 5. The minimum absolute atomic E-state index is 0.0380. The van der Waals surface area contributed by atoms with Crippen molar-refractivity contribution in [1.29, 1.82) is 0 Å². The van der Waals surface area contributed by atoms with Gasteiger partial charge >= 0.3 is 5.97 Å². The van der Waals surface area contributed by atoms with Gasteiger partial charge in [-0.1, -0.05) is 26.8 Å². The van der Waals surface area contributed by atoms with Gasteiger partial charge in [0.05, 0.1) is 17.4 Å². The van der Waals surface area contributed by atoms with Gasteiger partial charge in [-0.2, -0.15) is 0 Å². The van der Waals surface area contributed by atoms with Gasteiger partial charge in [0.25, 0.3) is 0 Å². The maximum atomic E-state index is 14.4. The topological polar surface area (TPSA) is 107 Å². The molecule has 3 saturated heterocycles. The van der Waals surface area contributed by atoms with E-state index in [-0.39, 0.29) is 23.8 Å². The van der Waals surface area contributed by atoms with Crippen molar-refractivity contribution in [3.05, 3.63) is 12.7 Å². The molecule has 2 amide bonds. The lowest BCUT2D eigenvalue weighted by atomic mass is 9.66. The Morgan fingerprint density at radius 3 is 2.40 bits per heavy atom. The number of carbonyl (C=O) groups is 3. The molecule has 35 heavy (non-hydrogen) atoms. The average Bonchev–Trinajstić information content (AvgIpc) is 3.28. The smallest absolute Gasteiger partial charge is 0.310 e. The Balaban J connectivity index is 2.05. The molecule has 2 N–H and O–H groups in total. The van der Waals surface area contributed by atoms with E-state index in [4.69, 9.17) is 9.84 Å². The van der Waals surface area contributed by atoms with E-state index in [2.05, 4.69) is 27.4 Å². The first-order chi connectivity index (χ1) is 16.1. The number of ether oxygens (including phenoxy) is 1. The number of hydrogen-bond donors (Lipinski definition) is 2. The van der Waals surface area contributed by atoms with Crippen molar-refractivity contribution < 1.29 is 29.3 Å². The summed E-state index contributed by atoms with van der Waals surface area (Å²) in [5.41, 5.74) is -2.65. The van der Waals surface area contributed by atoms with Crippen LogP contribution >= 0.6 is 0 Å². The Hall–Kier alpha value is -1.93. The van der Waals surface area contributed by atoms with E-state index in [1.807, 2.05) is 13.8 Å². The van der Waals surface area contributed by atoms with Crippen LogP contribution in [0, 0.1) is 17.3 Å². The minimum atomic E-state index is -1.14. The molecule has 2 bridgehead atoms. The van der Waals surface area contributed by atoms with Crippen LogP contribution in [0.15, 0.2) is 12.7 Å². The van der Waals surface area contributed by atoms with Crippen LogP contribution in [0.4, 0.5) is 0 Å². The van der Waals surface area contributed by atoms with Crippen LogP contribution in [-0.2, 0) is 19.1 Å². The van der Waals surface area contributed by atoms with Gasteiger partial charge in [0.1, 0.15) is 11.6 Å². The molecular weight excluding hydrogens is 448 g/mol. The molecule has 0 saturated carbocycles. The van der Waals surface area contributed by atoms with Crippen molar-refractivity contribution in [2.45, 2.75) is 103 Å². The Kier molecular flexibility index (Phi) is 7.51. The van der Waals surface area contributed by atoms with Crippen molar-refractivity contribution in [3.8, 4) is 0 Å². The van der Waals surface area contributed by atoms with Crippen LogP contribution in [-0.4, -0.2) is 80.3 Å². The fourth-order valence-corrected chi connectivity index (χ4v) is 7.20. The summed E-state index contributed by atoms with van der Waals surface area (Å²) in [5.74, 6) is -3.39. The molecule has 1 spiro atoms. The molecule has 198 valence electrons. The number of carboxylic acids is 1. The highest BCUT2D eigenvalue weighted by Crippen LogP contribution is 2.63. The van der Waals surface area contributed by atoms with E-state index in [0.717, 1.165) is 6.42 Å². The first kappa shape index (κ1) is 27.7. The predicted molar refractivity (Wildman–Crippen MR) is 133 cm³/mol. The van der Waals surface area contributed by atoms with Crippen LogP contribution < -0.4 is 0 Å². The van der Waals surface area contributed by atoms with E-state index in [0.29, 0.717) is 45.2 Å². The number of carbonyl (C=O) groups excluding carboxylic acids is 2. The average molecular weight is 493 g/mol. The summed E-state index contributed by atoms with van der Waals surface area (Å²) in [6.07, 6.45) is 5.38. The van der Waals surface area contributed by atoms with Crippen molar-refractivity contribution >= 4 is 17.8 Å². The highest BCUT2D eigenvalue weighted by molar-refractivity contribution is 5.98. The Labute approximate surface area is 209 Å². The van der Waals surface area contributed by atoms with Crippen LogP contribution in [0.2, 0.25) is 0 Å². The second-order valence-electron chi connectivity index (χ2n) is 12.7. The number of unbranched alkanes of at least 4 members (excludes halogenated alkanes) is 2. The number of nitrogens with zero attached hydrogens (tertiary/aromatic N) is 2. The lowest BCUT2D eigenvalue weighted by Gasteiger charge is -2.45. The molecule has 3 heterocycles. The minimum Gasteiger partial charge on any atom is -0.481 e. The molecule has 3 aliphatic rings. The van der Waals surface area contributed by atoms with E-state index < -0.39 is 40.6 Å². The lowest BCUT2D eigenvalue weighted by Crippen LogP contribution is -2.61. The number of aliphatic carboxylic acids is 1. The Morgan fingerprint density at radius 2 is 1.86 bits per heavy atom. The first-order valence-electron chi connectivity index (χ1n) is 12.9. The fourth-order valence-electron chi connectivity index (χ4n) is 7.20. The molecule has 0 aromatic rings. The highest BCUT2D eigenvalue weighted by Gasteiger charge is 2.78. The van der Waals surface area contributed by atoms with Crippen LogP contribution in [0.1, 0.15) is 80.1 Å². The lowest BCUT2D eigenvalue weighted by molar-refractivity contribution is -0.158. The summed E-state index contributed by atoms with van der Waals surface area (Å²) < 4.78 is 6.49. The van der Waals surface area contributed by atoms with Crippen LogP contribution in [0.5, 0.6) is 0 Å². The highest BCUT2D eigenvalue weighted by atomic mass is 16.5. The van der Waals surface area contributed by atoms with E-state index in [1.165, 1.54) is 0 Å². The molecule has 0 aliphatic carbocycles. The second-order valence-corrected chi connectivity index (χ2v) is 12.7. The van der Waals surface area contributed by atoms with Gasteiger partial charge in [-0.05, 0) is 64.7 Å². The monoisotopic (exact) mass is 492 g/mol. The van der Waals surface area contributed by atoms with Crippen LogP contribution in [0.3, 0.4) is 0 Å². The van der Waals surface area contributed by atoms with E-state index >= 15 is 0 Å². The Bertz CT molecular complexity index is 864. The number of amides is 2. The summed E-state index contributed by atoms with van der Waals surface area (Å²) in [6, 6.07) is -0.875. The third-order valence-electron chi connectivity index (χ3n) is 8.11. The summed E-state index contributed by atoms with van der Waals surface area (Å²) in [5, 5.41) is 19.3. The molecule has 0 radical (unpaired) electrons. The second kappa shape index (κ2) is 9.51.